The van der Waals surface area contributed by atoms with Crippen LogP contribution in [-0.2, 0) is 9.84 Å². The van der Waals surface area contributed by atoms with E-state index in [0.717, 1.165) is 19.4 Å². The van der Waals surface area contributed by atoms with Crippen molar-refractivity contribution in [3.8, 4) is 0 Å². The number of aliphatic hydroxyl groups excluding tert-OH is 1. The van der Waals surface area contributed by atoms with Gasteiger partial charge in [-0.05, 0) is 25.0 Å². The van der Waals surface area contributed by atoms with Crippen LogP contribution in [0.1, 0.15) is 12.8 Å². The van der Waals surface area contributed by atoms with Crippen molar-refractivity contribution < 1.29 is 13.5 Å². The molecule has 1 aliphatic heterocycles. The maximum atomic E-state index is 11.7. The summed E-state index contributed by atoms with van der Waals surface area (Å²) >= 11 is 0. The van der Waals surface area contributed by atoms with E-state index in [1.165, 1.54) is 6.26 Å². The Labute approximate surface area is 102 Å². The maximum absolute atomic E-state index is 11.7. The number of para-hydroxylation sites is 1. The van der Waals surface area contributed by atoms with Gasteiger partial charge in [-0.1, -0.05) is 12.1 Å². The predicted octanol–water partition coefficient (Wildman–Crippen LogP) is 1.05. The Balaban J connectivity index is 2.45. The van der Waals surface area contributed by atoms with Crippen molar-refractivity contribution in [1.29, 1.82) is 0 Å². The molecule has 0 spiro atoms. The standard InChI is InChI=1S/C12H17NO3S/c1-17(15,16)12-7-3-2-6-11(12)13-8-4-5-10(13)9-14/h2-3,6-7,10,14H,4-5,8-9H2,1H3. The summed E-state index contributed by atoms with van der Waals surface area (Å²) in [4.78, 5) is 2.34. The first-order chi connectivity index (χ1) is 8.04. The lowest BCUT2D eigenvalue weighted by Crippen LogP contribution is -2.33. The molecule has 0 radical (unpaired) electrons. The molecule has 2 rings (SSSR count). The fourth-order valence-electron chi connectivity index (χ4n) is 2.35. The van der Waals surface area contributed by atoms with Gasteiger partial charge in [0.1, 0.15) is 0 Å². The first kappa shape index (κ1) is 12.4. The van der Waals surface area contributed by atoms with Gasteiger partial charge in [-0.2, -0.15) is 0 Å². The van der Waals surface area contributed by atoms with Crippen LogP contribution in [-0.4, -0.2) is 39.0 Å². The lowest BCUT2D eigenvalue weighted by Gasteiger charge is -2.27. The van der Waals surface area contributed by atoms with Crippen LogP contribution in [0.4, 0.5) is 5.69 Å². The Hall–Kier alpha value is -1.07. The molecular weight excluding hydrogens is 238 g/mol. The average Bonchev–Trinajstić information content (AvgIpc) is 2.75. The minimum Gasteiger partial charge on any atom is -0.394 e. The van der Waals surface area contributed by atoms with Gasteiger partial charge in [-0.25, -0.2) is 8.42 Å². The van der Waals surface area contributed by atoms with Crippen LogP contribution in [0.15, 0.2) is 29.2 Å². The molecule has 1 aromatic rings. The molecule has 1 fully saturated rings. The lowest BCUT2D eigenvalue weighted by atomic mass is 10.2. The molecule has 0 saturated carbocycles. The summed E-state index contributed by atoms with van der Waals surface area (Å²) in [6, 6.07) is 7.03. The fourth-order valence-corrected chi connectivity index (χ4v) is 3.24. The van der Waals surface area contributed by atoms with Crippen LogP contribution in [0, 0.1) is 0 Å². The second-order valence-electron chi connectivity index (χ2n) is 4.41. The van der Waals surface area contributed by atoms with E-state index in [4.69, 9.17) is 0 Å². The molecule has 0 bridgehead atoms. The first-order valence-electron chi connectivity index (χ1n) is 5.70. The van der Waals surface area contributed by atoms with Crippen LogP contribution < -0.4 is 4.90 Å². The third-order valence-electron chi connectivity index (χ3n) is 3.16. The summed E-state index contributed by atoms with van der Waals surface area (Å²) in [5.74, 6) is 0. The van der Waals surface area contributed by atoms with Crippen molar-refractivity contribution >= 4 is 15.5 Å². The second-order valence-corrected chi connectivity index (χ2v) is 6.40. The molecule has 4 nitrogen and oxygen atoms in total. The van der Waals surface area contributed by atoms with Crippen molar-refractivity contribution in [2.24, 2.45) is 0 Å². The van der Waals surface area contributed by atoms with E-state index in [0.29, 0.717) is 10.6 Å². The monoisotopic (exact) mass is 255 g/mol. The van der Waals surface area contributed by atoms with E-state index in [1.54, 1.807) is 12.1 Å². The molecule has 94 valence electrons. The van der Waals surface area contributed by atoms with Gasteiger partial charge in [0.15, 0.2) is 9.84 Å². The Morgan fingerprint density at radius 3 is 2.76 bits per heavy atom. The van der Waals surface area contributed by atoms with E-state index >= 15 is 0 Å². The quantitative estimate of drug-likeness (QED) is 0.877. The zero-order valence-electron chi connectivity index (χ0n) is 9.83. The molecular formula is C12H17NO3S. The molecule has 1 atom stereocenters. The van der Waals surface area contributed by atoms with E-state index in [2.05, 4.69) is 0 Å². The van der Waals surface area contributed by atoms with E-state index < -0.39 is 9.84 Å². The maximum Gasteiger partial charge on any atom is 0.177 e. The summed E-state index contributed by atoms with van der Waals surface area (Å²) in [6.07, 6.45) is 3.12. The van der Waals surface area contributed by atoms with Gasteiger partial charge in [0.05, 0.1) is 23.2 Å². The minimum atomic E-state index is -3.23. The largest absolute Gasteiger partial charge is 0.394 e. The van der Waals surface area contributed by atoms with Gasteiger partial charge in [-0.15, -0.1) is 0 Å². The van der Waals surface area contributed by atoms with Gasteiger partial charge in [0.25, 0.3) is 0 Å². The van der Waals surface area contributed by atoms with Crippen LogP contribution in [0.25, 0.3) is 0 Å². The molecule has 1 aliphatic rings. The van der Waals surface area contributed by atoms with Crippen LogP contribution in [0.2, 0.25) is 0 Å². The number of hydrogen-bond acceptors (Lipinski definition) is 4. The van der Waals surface area contributed by atoms with Crippen LogP contribution in [0.3, 0.4) is 0 Å². The zero-order chi connectivity index (χ0) is 12.5. The third kappa shape index (κ3) is 2.45. The molecule has 1 unspecified atom stereocenters. The summed E-state index contributed by atoms with van der Waals surface area (Å²) in [5.41, 5.74) is 0.714. The molecule has 1 N–H and O–H groups in total. The van der Waals surface area contributed by atoms with Gasteiger partial charge in [0, 0.05) is 12.8 Å². The highest BCUT2D eigenvalue weighted by Gasteiger charge is 2.27. The van der Waals surface area contributed by atoms with Gasteiger partial charge >= 0.3 is 0 Å². The highest BCUT2D eigenvalue weighted by atomic mass is 32.2. The summed E-state index contributed by atoms with van der Waals surface area (Å²) in [6.45, 7) is 0.871. The van der Waals surface area contributed by atoms with Gasteiger partial charge < -0.3 is 10.0 Å². The number of nitrogens with zero attached hydrogens (tertiary/aromatic N) is 1. The van der Waals surface area contributed by atoms with Crippen LogP contribution in [0.5, 0.6) is 0 Å². The van der Waals surface area contributed by atoms with Crippen molar-refractivity contribution in [3.63, 3.8) is 0 Å². The van der Waals surface area contributed by atoms with Crippen molar-refractivity contribution in [2.75, 3.05) is 24.3 Å². The number of sulfone groups is 1. The zero-order valence-corrected chi connectivity index (χ0v) is 10.7. The minimum absolute atomic E-state index is 0.0397. The number of anilines is 1. The fraction of sp³-hybridized carbons (Fsp3) is 0.500. The topological polar surface area (TPSA) is 57.6 Å². The molecule has 0 aliphatic carbocycles. The number of rotatable bonds is 3. The molecule has 1 heterocycles. The lowest BCUT2D eigenvalue weighted by molar-refractivity contribution is 0.266. The van der Waals surface area contributed by atoms with Crippen molar-refractivity contribution in [3.05, 3.63) is 24.3 Å². The molecule has 1 aromatic carbocycles. The molecule has 0 aromatic heterocycles. The Kier molecular flexibility index (Phi) is 3.40. The Morgan fingerprint density at radius 2 is 2.12 bits per heavy atom. The highest BCUT2D eigenvalue weighted by molar-refractivity contribution is 7.90. The first-order valence-corrected chi connectivity index (χ1v) is 7.60. The van der Waals surface area contributed by atoms with Crippen molar-refractivity contribution in [2.45, 2.75) is 23.8 Å². The summed E-state index contributed by atoms with van der Waals surface area (Å²) in [7, 11) is -3.23. The highest BCUT2D eigenvalue weighted by Crippen LogP contribution is 2.30. The number of benzene rings is 1. The smallest absolute Gasteiger partial charge is 0.177 e. The molecule has 5 heteroatoms. The normalized spacial score (nSPS) is 20.8. The van der Waals surface area contributed by atoms with Crippen LogP contribution >= 0.6 is 0 Å². The summed E-state index contributed by atoms with van der Waals surface area (Å²) in [5, 5.41) is 9.30. The Morgan fingerprint density at radius 1 is 1.41 bits per heavy atom. The second kappa shape index (κ2) is 4.66. The third-order valence-corrected chi connectivity index (χ3v) is 4.31. The number of aliphatic hydroxyl groups is 1. The molecule has 0 amide bonds. The van der Waals surface area contributed by atoms with Gasteiger partial charge in [0.2, 0.25) is 0 Å². The average molecular weight is 255 g/mol. The van der Waals surface area contributed by atoms with E-state index in [1.807, 2.05) is 17.0 Å². The van der Waals surface area contributed by atoms with E-state index in [9.17, 15) is 13.5 Å². The Bertz CT molecular complexity index is 498. The van der Waals surface area contributed by atoms with Crippen molar-refractivity contribution in [1.82, 2.24) is 0 Å². The summed E-state index contributed by atoms with van der Waals surface area (Å²) < 4.78 is 23.4. The molecule has 1 saturated heterocycles. The predicted molar refractivity (Wildman–Crippen MR) is 67.0 cm³/mol. The number of hydrogen-bond donors (Lipinski definition) is 1. The van der Waals surface area contributed by atoms with Gasteiger partial charge in [-0.3, -0.25) is 0 Å². The SMILES string of the molecule is CS(=O)(=O)c1ccccc1N1CCCC1CO. The van der Waals surface area contributed by atoms with E-state index in [-0.39, 0.29) is 12.6 Å². The molecule has 17 heavy (non-hydrogen) atoms.